The molecule has 0 aliphatic heterocycles. The molecular formula is C20H30O2. The molecular weight excluding hydrogens is 272 g/mol. The highest BCUT2D eigenvalue weighted by molar-refractivity contribution is 5.87. The lowest BCUT2D eigenvalue weighted by Crippen LogP contribution is -2.51. The highest BCUT2D eigenvalue weighted by Gasteiger charge is 2.59. The van der Waals surface area contributed by atoms with Crippen LogP contribution in [-0.2, 0) is 4.79 Å². The molecule has 0 saturated heterocycles. The van der Waals surface area contributed by atoms with E-state index in [1.165, 1.54) is 12.0 Å². The van der Waals surface area contributed by atoms with Crippen LogP contribution in [0.2, 0.25) is 0 Å². The molecule has 3 fully saturated rings. The van der Waals surface area contributed by atoms with Gasteiger partial charge in [-0.3, -0.25) is 4.79 Å². The van der Waals surface area contributed by atoms with E-state index in [2.05, 4.69) is 19.9 Å². The zero-order chi connectivity index (χ0) is 15.8. The van der Waals surface area contributed by atoms with E-state index in [9.17, 15) is 9.90 Å². The van der Waals surface area contributed by atoms with Gasteiger partial charge in [0.1, 0.15) is 5.78 Å². The summed E-state index contributed by atoms with van der Waals surface area (Å²) in [5.41, 5.74) is 1.25. The molecule has 122 valence electrons. The van der Waals surface area contributed by atoms with Gasteiger partial charge in [-0.05, 0) is 75.0 Å². The van der Waals surface area contributed by atoms with Gasteiger partial charge in [0.15, 0.2) is 0 Å². The molecule has 0 aromatic rings. The average molecular weight is 302 g/mol. The molecule has 1 N–H and O–H groups in total. The molecule has 0 unspecified atom stereocenters. The second-order valence-electron chi connectivity index (χ2n) is 9.35. The van der Waals surface area contributed by atoms with Crippen molar-refractivity contribution in [1.82, 2.24) is 0 Å². The summed E-state index contributed by atoms with van der Waals surface area (Å²) in [6.45, 7) is 6.69. The summed E-state index contributed by atoms with van der Waals surface area (Å²) in [7, 11) is 0. The van der Waals surface area contributed by atoms with Crippen LogP contribution in [0.3, 0.4) is 0 Å². The molecule has 6 atom stereocenters. The van der Waals surface area contributed by atoms with Crippen LogP contribution in [0.25, 0.3) is 0 Å². The van der Waals surface area contributed by atoms with E-state index < -0.39 is 5.60 Å². The first kappa shape index (κ1) is 14.9. The maximum Gasteiger partial charge on any atom is 0.139 e. The molecule has 0 aromatic carbocycles. The summed E-state index contributed by atoms with van der Waals surface area (Å²) in [5.74, 6) is 2.56. The van der Waals surface area contributed by atoms with Gasteiger partial charge in [0.05, 0.1) is 5.60 Å². The zero-order valence-corrected chi connectivity index (χ0v) is 14.3. The third kappa shape index (κ3) is 1.85. The van der Waals surface area contributed by atoms with Gasteiger partial charge in [-0.15, -0.1) is 0 Å². The van der Waals surface area contributed by atoms with E-state index in [1.807, 2.05) is 6.92 Å². The van der Waals surface area contributed by atoms with Crippen LogP contribution in [-0.4, -0.2) is 16.5 Å². The summed E-state index contributed by atoms with van der Waals surface area (Å²) in [6, 6.07) is 0. The molecule has 0 bridgehead atoms. The van der Waals surface area contributed by atoms with Crippen LogP contribution in [0.15, 0.2) is 11.6 Å². The summed E-state index contributed by atoms with van der Waals surface area (Å²) in [5, 5.41) is 10.5. The number of hydrogen-bond donors (Lipinski definition) is 1. The van der Waals surface area contributed by atoms with Crippen molar-refractivity contribution >= 4 is 5.78 Å². The Labute approximate surface area is 134 Å². The van der Waals surface area contributed by atoms with Gasteiger partial charge < -0.3 is 5.11 Å². The summed E-state index contributed by atoms with van der Waals surface area (Å²) < 4.78 is 0. The third-order valence-electron chi connectivity index (χ3n) is 8.09. The third-order valence-corrected chi connectivity index (χ3v) is 8.09. The Morgan fingerprint density at radius 2 is 1.77 bits per heavy atom. The van der Waals surface area contributed by atoms with Crippen molar-refractivity contribution in [3.8, 4) is 0 Å². The minimum Gasteiger partial charge on any atom is -0.390 e. The minimum atomic E-state index is -0.509. The molecule has 22 heavy (non-hydrogen) atoms. The van der Waals surface area contributed by atoms with Gasteiger partial charge in [0.25, 0.3) is 0 Å². The SMILES string of the molecule is C[C@@]1(O)CC[C@@]2(C)C(=CC[C@@H]3[C@@H]2CC[C@]2(C)C(=O)CC[C@@H]32)C1. The first-order chi connectivity index (χ1) is 10.3. The van der Waals surface area contributed by atoms with E-state index in [1.54, 1.807) is 0 Å². The van der Waals surface area contributed by atoms with Crippen LogP contribution >= 0.6 is 0 Å². The zero-order valence-electron chi connectivity index (χ0n) is 14.3. The lowest BCUT2D eigenvalue weighted by Gasteiger charge is -2.57. The number of ketones is 1. The summed E-state index contributed by atoms with van der Waals surface area (Å²) in [4.78, 5) is 12.4. The fourth-order valence-corrected chi connectivity index (χ4v) is 6.58. The highest BCUT2D eigenvalue weighted by Crippen LogP contribution is 2.64. The predicted molar refractivity (Wildman–Crippen MR) is 87.3 cm³/mol. The molecule has 0 spiro atoms. The molecule has 2 heteroatoms. The van der Waals surface area contributed by atoms with Gasteiger partial charge in [-0.1, -0.05) is 25.5 Å². The van der Waals surface area contributed by atoms with Gasteiger partial charge in [0, 0.05) is 11.8 Å². The number of aliphatic hydroxyl groups is 1. The minimum absolute atomic E-state index is 0.0248. The van der Waals surface area contributed by atoms with E-state index in [0.29, 0.717) is 17.6 Å². The Morgan fingerprint density at radius 1 is 1.05 bits per heavy atom. The van der Waals surface area contributed by atoms with Crippen molar-refractivity contribution in [3.05, 3.63) is 11.6 Å². The lowest BCUT2D eigenvalue weighted by atomic mass is 9.47. The predicted octanol–water partition coefficient (Wildman–Crippen LogP) is 4.27. The number of carbonyl (C=O) groups is 1. The first-order valence-corrected chi connectivity index (χ1v) is 9.21. The molecule has 2 nitrogen and oxygen atoms in total. The van der Waals surface area contributed by atoms with Crippen LogP contribution in [0.5, 0.6) is 0 Å². The standard InChI is InChI=1S/C20H30O2/c1-18(22)10-11-19(2)13(12-18)4-5-14-15-6-7-17(21)20(15,3)9-8-16(14)19/h4,14-16,22H,5-12H2,1-3H3/t14-,15-,16-,18+,19-,20-/m0/s1. The Bertz CT molecular complexity index is 546. The van der Waals surface area contributed by atoms with Crippen LogP contribution in [0.4, 0.5) is 0 Å². The van der Waals surface area contributed by atoms with E-state index in [4.69, 9.17) is 0 Å². The molecule has 4 aliphatic rings. The number of rotatable bonds is 0. The molecule has 0 radical (unpaired) electrons. The summed E-state index contributed by atoms with van der Waals surface area (Å²) in [6.07, 6.45) is 10.7. The van der Waals surface area contributed by atoms with Crippen LogP contribution in [0.1, 0.15) is 72.1 Å². The molecule has 0 heterocycles. The first-order valence-electron chi connectivity index (χ1n) is 9.21. The number of fused-ring (bicyclic) bond motifs is 5. The number of hydrogen-bond acceptors (Lipinski definition) is 2. The fraction of sp³-hybridized carbons (Fsp3) is 0.850. The van der Waals surface area contributed by atoms with Crippen molar-refractivity contribution < 1.29 is 9.90 Å². The van der Waals surface area contributed by atoms with E-state index >= 15 is 0 Å². The smallest absolute Gasteiger partial charge is 0.139 e. The van der Waals surface area contributed by atoms with Crippen molar-refractivity contribution in [2.45, 2.75) is 77.7 Å². The van der Waals surface area contributed by atoms with Gasteiger partial charge in [0.2, 0.25) is 0 Å². The normalized spacial score (nSPS) is 54.3. The van der Waals surface area contributed by atoms with Crippen LogP contribution < -0.4 is 0 Å². The van der Waals surface area contributed by atoms with E-state index in [-0.39, 0.29) is 10.8 Å². The molecule has 0 amide bonds. The second kappa shape index (κ2) is 4.47. The van der Waals surface area contributed by atoms with Crippen molar-refractivity contribution in [3.63, 3.8) is 0 Å². The fourth-order valence-electron chi connectivity index (χ4n) is 6.58. The molecule has 4 aliphatic carbocycles. The van der Waals surface area contributed by atoms with Crippen molar-refractivity contribution in [2.24, 2.45) is 28.6 Å². The molecule has 3 saturated carbocycles. The number of carbonyl (C=O) groups excluding carboxylic acids is 1. The second-order valence-corrected chi connectivity index (χ2v) is 9.35. The van der Waals surface area contributed by atoms with Gasteiger partial charge >= 0.3 is 0 Å². The van der Waals surface area contributed by atoms with E-state index in [0.717, 1.165) is 50.9 Å². The summed E-state index contributed by atoms with van der Waals surface area (Å²) >= 11 is 0. The number of Topliss-reactive ketones (excluding diaryl/α,β-unsaturated/α-hetero) is 1. The Hall–Kier alpha value is -0.630. The monoisotopic (exact) mass is 302 g/mol. The average Bonchev–Trinajstić information content (AvgIpc) is 2.76. The van der Waals surface area contributed by atoms with Gasteiger partial charge in [-0.25, -0.2) is 0 Å². The lowest BCUT2D eigenvalue weighted by molar-refractivity contribution is -0.132. The van der Waals surface area contributed by atoms with Crippen molar-refractivity contribution in [2.75, 3.05) is 0 Å². The quantitative estimate of drug-likeness (QED) is 0.679. The maximum atomic E-state index is 12.4. The Morgan fingerprint density at radius 3 is 2.55 bits per heavy atom. The topological polar surface area (TPSA) is 37.3 Å². The Kier molecular flexibility index (Phi) is 3.03. The molecule has 4 rings (SSSR count). The Balaban J connectivity index is 1.69. The maximum absolute atomic E-state index is 12.4. The molecule has 0 aromatic heterocycles. The van der Waals surface area contributed by atoms with Crippen molar-refractivity contribution in [1.29, 1.82) is 0 Å². The highest BCUT2D eigenvalue weighted by atomic mass is 16.3. The largest absolute Gasteiger partial charge is 0.390 e. The number of allylic oxidation sites excluding steroid dienone is 1. The van der Waals surface area contributed by atoms with Crippen LogP contribution in [0, 0.1) is 28.6 Å². The van der Waals surface area contributed by atoms with Gasteiger partial charge in [-0.2, -0.15) is 0 Å².